The lowest BCUT2D eigenvalue weighted by molar-refractivity contribution is 0.102. The van der Waals surface area contributed by atoms with Crippen molar-refractivity contribution in [3.05, 3.63) is 53.9 Å². The highest BCUT2D eigenvalue weighted by atomic mass is 16.1. The first-order chi connectivity index (χ1) is 11.2. The topological polar surface area (TPSA) is 54.0 Å². The van der Waals surface area contributed by atoms with Gasteiger partial charge in [0.1, 0.15) is 0 Å². The minimum Gasteiger partial charge on any atom is -0.384 e. The molecule has 0 atom stereocenters. The van der Waals surface area contributed by atoms with Crippen molar-refractivity contribution in [3.63, 3.8) is 0 Å². The molecule has 0 bridgehead atoms. The van der Waals surface area contributed by atoms with Gasteiger partial charge in [-0.05, 0) is 36.6 Å². The van der Waals surface area contributed by atoms with Gasteiger partial charge in [-0.3, -0.25) is 9.78 Å². The summed E-state index contributed by atoms with van der Waals surface area (Å²) in [4.78, 5) is 16.5. The lowest BCUT2D eigenvalue weighted by Crippen LogP contribution is -2.13. The van der Waals surface area contributed by atoms with E-state index >= 15 is 0 Å². The molecule has 0 unspecified atom stereocenters. The molecule has 4 heteroatoms. The highest BCUT2D eigenvalue weighted by molar-refractivity contribution is 6.04. The number of hydrogen-bond acceptors (Lipinski definition) is 3. The molecule has 23 heavy (non-hydrogen) atoms. The molecule has 2 rings (SSSR count). The number of aromatic nitrogens is 1. The van der Waals surface area contributed by atoms with Crippen LogP contribution in [0.5, 0.6) is 0 Å². The average Bonchev–Trinajstić information content (AvgIpc) is 2.60. The first-order valence-electron chi connectivity index (χ1n) is 8.32. The molecule has 2 N–H and O–H groups in total. The molecule has 1 aromatic heterocycles. The normalized spacial score (nSPS) is 10.3. The number of carbonyl (C=O) groups excluding carboxylic acids is 1. The van der Waals surface area contributed by atoms with Crippen LogP contribution >= 0.6 is 0 Å². The number of hydrogen-bond donors (Lipinski definition) is 2. The molecule has 0 saturated carbocycles. The molecule has 0 aliphatic rings. The minimum atomic E-state index is -0.140. The van der Waals surface area contributed by atoms with Crippen LogP contribution < -0.4 is 10.6 Å². The molecule has 0 saturated heterocycles. The van der Waals surface area contributed by atoms with Gasteiger partial charge in [-0.2, -0.15) is 0 Å². The predicted molar refractivity (Wildman–Crippen MR) is 96.0 cm³/mol. The maximum atomic E-state index is 12.3. The van der Waals surface area contributed by atoms with Gasteiger partial charge in [0.15, 0.2) is 0 Å². The zero-order valence-corrected chi connectivity index (χ0v) is 13.9. The molecule has 0 aliphatic carbocycles. The van der Waals surface area contributed by atoms with E-state index in [-0.39, 0.29) is 5.91 Å². The number of aryl methyl sites for hydroxylation is 1. The van der Waals surface area contributed by atoms with Crippen LogP contribution in [-0.4, -0.2) is 17.4 Å². The zero-order valence-electron chi connectivity index (χ0n) is 13.9. The number of carbonyl (C=O) groups is 1. The minimum absolute atomic E-state index is 0.140. The van der Waals surface area contributed by atoms with Gasteiger partial charge < -0.3 is 10.6 Å². The molecule has 1 heterocycles. The Labute approximate surface area is 138 Å². The van der Waals surface area contributed by atoms with E-state index in [1.807, 2.05) is 30.3 Å². The summed E-state index contributed by atoms with van der Waals surface area (Å²) in [5, 5.41) is 6.22. The van der Waals surface area contributed by atoms with Crippen molar-refractivity contribution in [1.82, 2.24) is 4.98 Å². The Balaban J connectivity index is 1.95. The van der Waals surface area contributed by atoms with Crippen LogP contribution in [-0.2, 0) is 6.42 Å². The predicted octanol–water partition coefficient (Wildman–Crippen LogP) is 4.50. The summed E-state index contributed by atoms with van der Waals surface area (Å²) in [7, 11) is 0. The van der Waals surface area contributed by atoms with Gasteiger partial charge in [0, 0.05) is 24.6 Å². The summed E-state index contributed by atoms with van der Waals surface area (Å²) in [6, 6.07) is 9.75. The summed E-state index contributed by atoms with van der Waals surface area (Å²) in [5.74, 6) is -0.140. The van der Waals surface area contributed by atoms with Crippen molar-refractivity contribution in [2.45, 2.75) is 39.5 Å². The fourth-order valence-corrected chi connectivity index (χ4v) is 2.30. The largest absolute Gasteiger partial charge is 0.384 e. The smallest absolute Gasteiger partial charge is 0.257 e. The van der Waals surface area contributed by atoms with Gasteiger partial charge in [-0.15, -0.1) is 0 Å². The Morgan fingerprint density at radius 1 is 1.04 bits per heavy atom. The summed E-state index contributed by atoms with van der Waals surface area (Å²) >= 11 is 0. The van der Waals surface area contributed by atoms with Crippen LogP contribution in [0.15, 0.2) is 42.7 Å². The van der Waals surface area contributed by atoms with Crippen molar-refractivity contribution in [2.24, 2.45) is 0 Å². The summed E-state index contributed by atoms with van der Waals surface area (Å²) in [5.41, 5.74) is 3.50. The molecular formula is C19H25N3O. The number of anilines is 2. The maximum Gasteiger partial charge on any atom is 0.257 e. The second-order valence-electron chi connectivity index (χ2n) is 5.60. The maximum absolute atomic E-state index is 12.3. The van der Waals surface area contributed by atoms with Gasteiger partial charge in [-0.25, -0.2) is 0 Å². The third-order valence-corrected chi connectivity index (χ3v) is 3.73. The molecule has 4 nitrogen and oxygen atoms in total. The van der Waals surface area contributed by atoms with Crippen molar-refractivity contribution in [1.29, 1.82) is 0 Å². The van der Waals surface area contributed by atoms with E-state index in [2.05, 4.69) is 29.5 Å². The highest BCUT2D eigenvalue weighted by Crippen LogP contribution is 2.14. The number of unbranched alkanes of at least 4 members (excludes halogenated alkanes) is 2. The Kier molecular flexibility index (Phi) is 6.60. The van der Waals surface area contributed by atoms with Gasteiger partial charge in [0.05, 0.1) is 11.3 Å². The molecule has 1 amide bonds. The van der Waals surface area contributed by atoms with Gasteiger partial charge in [0.25, 0.3) is 5.91 Å². The third kappa shape index (κ3) is 5.40. The van der Waals surface area contributed by atoms with Gasteiger partial charge in [0.2, 0.25) is 0 Å². The highest BCUT2D eigenvalue weighted by Gasteiger charge is 2.07. The fraction of sp³-hybridized carbons (Fsp3) is 0.368. The van der Waals surface area contributed by atoms with Crippen LogP contribution in [0.3, 0.4) is 0 Å². The molecular weight excluding hydrogens is 286 g/mol. The molecule has 0 spiro atoms. The van der Waals surface area contributed by atoms with E-state index in [4.69, 9.17) is 0 Å². The lowest BCUT2D eigenvalue weighted by Gasteiger charge is -2.09. The number of amides is 1. The van der Waals surface area contributed by atoms with Gasteiger partial charge >= 0.3 is 0 Å². The first-order valence-corrected chi connectivity index (χ1v) is 8.32. The van der Waals surface area contributed by atoms with Crippen LogP contribution in [0.1, 0.15) is 49.0 Å². The molecule has 2 aromatic rings. The van der Waals surface area contributed by atoms with Gasteiger partial charge in [-0.1, -0.05) is 38.8 Å². The van der Waals surface area contributed by atoms with Crippen LogP contribution in [0.2, 0.25) is 0 Å². The van der Waals surface area contributed by atoms with E-state index < -0.39 is 0 Å². The van der Waals surface area contributed by atoms with Crippen molar-refractivity contribution in [3.8, 4) is 0 Å². The van der Waals surface area contributed by atoms with Crippen LogP contribution in [0, 0.1) is 0 Å². The fourth-order valence-electron chi connectivity index (χ4n) is 2.30. The third-order valence-electron chi connectivity index (χ3n) is 3.73. The monoisotopic (exact) mass is 311 g/mol. The van der Waals surface area contributed by atoms with E-state index in [0.29, 0.717) is 5.56 Å². The molecule has 0 radical (unpaired) electrons. The number of nitrogens with one attached hydrogen (secondary N) is 2. The van der Waals surface area contributed by atoms with E-state index in [9.17, 15) is 4.79 Å². The number of nitrogens with zero attached hydrogens (tertiary/aromatic N) is 1. The second-order valence-corrected chi connectivity index (χ2v) is 5.60. The van der Waals surface area contributed by atoms with Crippen LogP contribution in [0.25, 0.3) is 0 Å². The molecule has 0 fully saturated rings. The van der Waals surface area contributed by atoms with Crippen molar-refractivity contribution >= 4 is 17.3 Å². The Morgan fingerprint density at radius 3 is 2.52 bits per heavy atom. The van der Waals surface area contributed by atoms with E-state index in [1.165, 1.54) is 18.4 Å². The molecule has 122 valence electrons. The first kappa shape index (κ1) is 17.0. The van der Waals surface area contributed by atoms with Crippen LogP contribution in [0.4, 0.5) is 11.4 Å². The Hall–Kier alpha value is -2.36. The van der Waals surface area contributed by atoms with Crippen molar-refractivity contribution < 1.29 is 4.79 Å². The van der Waals surface area contributed by atoms with E-state index in [1.54, 1.807) is 12.4 Å². The number of benzene rings is 1. The molecule has 1 aromatic carbocycles. The SMILES string of the molecule is CCCCCNc1cncc(C(=O)Nc2ccc(CC)cc2)c1. The standard InChI is InChI=1S/C19H25N3O/c1-3-5-6-11-21-18-12-16(13-20-14-18)19(23)22-17-9-7-15(4-2)8-10-17/h7-10,12-14,21H,3-6,11H2,1-2H3,(H,22,23). The zero-order chi connectivity index (χ0) is 16.5. The summed E-state index contributed by atoms with van der Waals surface area (Å²) in [6.07, 6.45) is 7.85. The molecule has 0 aliphatic heterocycles. The lowest BCUT2D eigenvalue weighted by atomic mass is 10.1. The number of rotatable bonds is 8. The average molecular weight is 311 g/mol. The summed E-state index contributed by atoms with van der Waals surface area (Å²) < 4.78 is 0. The van der Waals surface area contributed by atoms with E-state index in [0.717, 1.165) is 30.8 Å². The second kappa shape index (κ2) is 8.93. The Morgan fingerprint density at radius 2 is 1.83 bits per heavy atom. The van der Waals surface area contributed by atoms with Crippen molar-refractivity contribution in [2.75, 3.05) is 17.2 Å². The Bertz CT molecular complexity index is 623. The quantitative estimate of drug-likeness (QED) is 0.706. The number of pyridine rings is 1. The summed E-state index contributed by atoms with van der Waals surface area (Å²) in [6.45, 7) is 5.19.